The molecule has 2 aromatic heterocycles. The molecule has 27 heavy (non-hydrogen) atoms. The quantitative estimate of drug-likeness (QED) is 0.760. The minimum atomic E-state index is -4.61. The number of piperidine rings is 1. The molecule has 0 amide bonds. The molecule has 0 bridgehead atoms. The lowest BCUT2D eigenvalue weighted by Gasteiger charge is -2.35. The molecule has 1 saturated heterocycles. The van der Waals surface area contributed by atoms with Gasteiger partial charge in [0.05, 0.1) is 6.10 Å². The van der Waals surface area contributed by atoms with Gasteiger partial charge in [-0.25, -0.2) is 0 Å². The number of nitrogens with zero attached hydrogens (tertiary/aromatic N) is 5. The molecule has 1 atom stereocenters. The molecule has 3 aromatic rings. The zero-order chi connectivity index (χ0) is 19.0. The van der Waals surface area contributed by atoms with Gasteiger partial charge in [-0.05, 0) is 36.5 Å². The molecule has 0 aliphatic carbocycles. The Kier molecular flexibility index (Phi) is 4.47. The predicted molar refractivity (Wildman–Crippen MR) is 92.1 cm³/mol. The van der Waals surface area contributed by atoms with Gasteiger partial charge in [0.1, 0.15) is 5.82 Å². The van der Waals surface area contributed by atoms with Crippen LogP contribution < -0.4 is 4.90 Å². The van der Waals surface area contributed by atoms with Crippen molar-refractivity contribution < 1.29 is 18.3 Å². The van der Waals surface area contributed by atoms with E-state index in [4.69, 9.17) is 0 Å². The van der Waals surface area contributed by atoms with Crippen LogP contribution in [0.4, 0.5) is 19.0 Å². The Morgan fingerprint density at radius 2 is 1.70 bits per heavy atom. The molecular formula is C18H18F3N5O. The molecule has 0 saturated carbocycles. The van der Waals surface area contributed by atoms with Crippen LogP contribution in [0.15, 0.2) is 42.5 Å². The predicted octanol–water partition coefficient (Wildman–Crippen LogP) is 3.09. The van der Waals surface area contributed by atoms with Crippen LogP contribution >= 0.6 is 0 Å². The fraction of sp³-hybridized carbons (Fsp3) is 0.389. The minimum Gasteiger partial charge on any atom is -0.388 e. The highest BCUT2D eigenvalue weighted by Gasteiger charge is 2.38. The fourth-order valence-corrected chi connectivity index (χ4v) is 3.49. The summed E-state index contributed by atoms with van der Waals surface area (Å²) < 4.78 is 39.8. The summed E-state index contributed by atoms with van der Waals surface area (Å²) in [6.07, 6.45) is -3.70. The molecule has 1 aliphatic rings. The van der Waals surface area contributed by atoms with E-state index in [1.54, 1.807) is 6.07 Å². The Bertz CT molecular complexity index is 920. The highest BCUT2D eigenvalue weighted by Crippen LogP contribution is 2.32. The smallest absolute Gasteiger partial charge is 0.388 e. The standard InChI is InChI=1S/C18H18F3N5O/c19-18(20,21)17-23-22-14-6-7-15(24-26(14)17)25-10-8-13(9-11-25)16(27)12-4-2-1-3-5-12/h1-7,13,16,27H,8-11H2/t16-/m1/s1. The van der Waals surface area contributed by atoms with E-state index >= 15 is 0 Å². The number of fused-ring (bicyclic) bond motifs is 1. The summed E-state index contributed by atoms with van der Waals surface area (Å²) in [4.78, 5) is 1.92. The normalized spacial score (nSPS) is 17.4. The Hall–Kier alpha value is -2.68. The average molecular weight is 377 g/mol. The molecule has 1 aromatic carbocycles. The van der Waals surface area contributed by atoms with Crippen LogP contribution in [0.5, 0.6) is 0 Å². The molecule has 3 heterocycles. The third-order valence-electron chi connectivity index (χ3n) is 4.95. The van der Waals surface area contributed by atoms with Gasteiger partial charge in [0.25, 0.3) is 5.82 Å². The topological polar surface area (TPSA) is 66.5 Å². The molecule has 0 spiro atoms. The second-order valence-corrected chi connectivity index (χ2v) is 6.66. The van der Waals surface area contributed by atoms with Crippen LogP contribution in [0.2, 0.25) is 0 Å². The van der Waals surface area contributed by atoms with Gasteiger partial charge in [-0.1, -0.05) is 30.3 Å². The molecule has 0 unspecified atom stereocenters. The lowest BCUT2D eigenvalue weighted by atomic mass is 9.87. The van der Waals surface area contributed by atoms with Gasteiger partial charge in [-0.15, -0.1) is 15.3 Å². The lowest BCUT2D eigenvalue weighted by Crippen LogP contribution is -2.36. The molecule has 1 fully saturated rings. The summed E-state index contributed by atoms with van der Waals surface area (Å²) in [6, 6.07) is 12.6. The molecular weight excluding hydrogens is 359 g/mol. The number of hydrogen-bond acceptors (Lipinski definition) is 5. The van der Waals surface area contributed by atoms with Crippen LogP contribution in [0, 0.1) is 5.92 Å². The summed E-state index contributed by atoms with van der Waals surface area (Å²) in [6.45, 7) is 1.22. The van der Waals surface area contributed by atoms with Crippen LogP contribution in [0.3, 0.4) is 0 Å². The largest absolute Gasteiger partial charge is 0.453 e. The zero-order valence-electron chi connectivity index (χ0n) is 14.3. The maximum atomic E-state index is 13.0. The molecule has 1 aliphatic heterocycles. The van der Waals surface area contributed by atoms with Crippen molar-refractivity contribution in [3.63, 3.8) is 0 Å². The Balaban J connectivity index is 1.50. The fourth-order valence-electron chi connectivity index (χ4n) is 3.49. The molecule has 0 radical (unpaired) electrons. The summed E-state index contributed by atoms with van der Waals surface area (Å²) in [7, 11) is 0. The van der Waals surface area contributed by atoms with Crippen LogP contribution in [0.25, 0.3) is 5.65 Å². The lowest BCUT2D eigenvalue weighted by molar-refractivity contribution is -0.146. The maximum Gasteiger partial charge on any atom is 0.453 e. The number of halogens is 3. The number of hydrogen-bond donors (Lipinski definition) is 1. The number of aromatic nitrogens is 4. The number of benzene rings is 1. The third-order valence-corrected chi connectivity index (χ3v) is 4.95. The monoisotopic (exact) mass is 377 g/mol. The van der Waals surface area contributed by atoms with Gasteiger partial charge in [-0.2, -0.15) is 17.7 Å². The third kappa shape index (κ3) is 3.46. The van der Waals surface area contributed by atoms with Gasteiger partial charge >= 0.3 is 6.18 Å². The summed E-state index contributed by atoms with van der Waals surface area (Å²) in [5, 5.41) is 21.4. The summed E-state index contributed by atoms with van der Waals surface area (Å²) in [5.74, 6) is -0.581. The number of aliphatic hydroxyl groups excluding tert-OH is 1. The molecule has 6 nitrogen and oxygen atoms in total. The Labute approximate surface area is 153 Å². The van der Waals surface area contributed by atoms with Gasteiger partial charge in [0, 0.05) is 13.1 Å². The number of alkyl halides is 3. The van der Waals surface area contributed by atoms with Crippen LogP contribution in [-0.4, -0.2) is 38.0 Å². The van der Waals surface area contributed by atoms with Crippen LogP contribution in [-0.2, 0) is 6.18 Å². The van der Waals surface area contributed by atoms with Crippen molar-refractivity contribution in [2.24, 2.45) is 5.92 Å². The highest BCUT2D eigenvalue weighted by molar-refractivity contribution is 5.46. The molecule has 4 rings (SSSR count). The van der Waals surface area contributed by atoms with Crippen molar-refractivity contribution in [3.8, 4) is 0 Å². The van der Waals surface area contributed by atoms with Gasteiger partial charge < -0.3 is 10.0 Å². The second kappa shape index (κ2) is 6.80. The maximum absolute atomic E-state index is 13.0. The first kappa shape index (κ1) is 17.7. The summed E-state index contributed by atoms with van der Waals surface area (Å²) in [5.41, 5.74) is 0.940. The van der Waals surface area contributed by atoms with Crippen molar-refractivity contribution >= 4 is 11.5 Å². The number of aliphatic hydroxyl groups is 1. The first-order valence-corrected chi connectivity index (χ1v) is 8.71. The molecule has 142 valence electrons. The van der Waals surface area contributed by atoms with E-state index in [-0.39, 0.29) is 11.6 Å². The Morgan fingerprint density at radius 1 is 1.00 bits per heavy atom. The number of rotatable bonds is 3. The van der Waals surface area contributed by atoms with Crippen LogP contribution in [0.1, 0.15) is 30.3 Å². The average Bonchev–Trinajstić information content (AvgIpc) is 3.12. The Morgan fingerprint density at radius 3 is 2.37 bits per heavy atom. The van der Waals surface area contributed by atoms with Gasteiger partial charge in [0.15, 0.2) is 5.65 Å². The van der Waals surface area contributed by atoms with Crippen molar-refractivity contribution in [2.75, 3.05) is 18.0 Å². The first-order valence-electron chi connectivity index (χ1n) is 8.71. The van der Waals surface area contributed by atoms with Crippen molar-refractivity contribution in [1.29, 1.82) is 0 Å². The van der Waals surface area contributed by atoms with Crippen molar-refractivity contribution in [3.05, 3.63) is 53.9 Å². The van der Waals surface area contributed by atoms with E-state index in [0.29, 0.717) is 18.9 Å². The first-order chi connectivity index (χ1) is 12.9. The SMILES string of the molecule is O[C@H](c1ccccc1)C1CCN(c2ccc3nnc(C(F)(F)F)n3n2)CC1. The van der Waals surface area contributed by atoms with Gasteiger partial charge in [0.2, 0.25) is 0 Å². The minimum absolute atomic E-state index is 0.0560. The van der Waals surface area contributed by atoms with E-state index in [0.717, 1.165) is 22.9 Å². The van der Waals surface area contributed by atoms with E-state index < -0.39 is 18.1 Å². The summed E-state index contributed by atoms with van der Waals surface area (Å²) >= 11 is 0. The highest BCUT2D eigenvalue weighted by atomic mass is 19.4. The number of anilines is 1. The zero-order valence-corrected chi connectivity index (χ0v) is 14.3. The van der Waals surface area contributed by atoms with Gasteiger partial charge in [-0.3, -0.25) is 0 Å². The molecule has 1 N–H and O–H groups in total. The second-order valence-electron chi connectivity index (χ2n) is 6.66. The van der Waals surface area contributed by atoms with Crippen molar-refractivity contribution in [2.45, 2.75) is 25.1 Å². The van der Waals surface area contributed by atoms with E-state index in [1.165, 1.54) is 6.07 Å². The van der Waals surface area contributed by atoms with Crippen molar-refractivity contribution in [1.82, 2.24) is 19.8 Å². The van der Waals surface area contributed by atoms with E-state index in [1.807, 2.05) is 35.2 Å². The molecule has 9 heteroatoms. The van der Waals surface area contributed by atoms with E-state index in [9.17, 15) is 18.3 Å². The van der Waals surface area contributed by atoms with E-state index in [2.05, 4.69) is 15.3 Å².